The molecule has 1 aliphatic rings. The fraction of sp³-hybridized carbons (Fsp3) is 0.688. The maximum absolute atomic E-state index is 5.72. The molecule has 0 amide bonds. The highest BCUT2D eigenvalue weighted by molar-refractivity contribution is 5.25. The van der Waals surface area contributed by atoms with Gasteiger partial charge in [-0.15, -0.1) is 0 Å². The standard InChI is InChI=1S/C16H26N2O2/c1-3-8-18-16(7-6-14-5-4-9-20-14)13-10-15(19-2)12-17-11-13/h10-12,14,16,18H,3-9H2,1-2H3. The summed E-state index contributed by atoms with van der Waals surface area (Å²) in [4.78, 5) is 4.27. The molecule has 4 heteroatoms. The Bertz CT molecular complexity index is 392. The third-order valence-corrected chi connectivity index (χ3v) is 3.81. The lowest BCUT2D eigenvalue weighted by atomic mass is 10.00. The van der Waals surface area contributed by atoms with Crippen molar-refractivity contribution in [2.45, 2.75) is 51.2 Å². The lowest BCUT2D eigenvalue weighted by Crippen LogP contribution is -2.23. The Labute approximate surface area is 121 Å². The minimum absolute atomic E-state index is 0.335. The SMILES string of the molecule is CCCNC(CCC1CCCO1)c1cncc(OC)c1. The number of aromatic nitrogens is 1. The average Bonchev–Trinajstić information content (AvgIpc) is 3.01. The zero-order chi connectivity index (χ0) is 14.2. The number of nitrogens with one attached hydrogen (secondary N) is 1. The maximum atomic E-state index is 5.72. The molecule has 20 heavy (non-hydrogen) atoms. The minimum atomic E-state index is 0.335. The topological polar surface area (TPSA) is 43.4 Å². The van der Waals surface area contributed by atoms with Gasteiger partial charge in [0.15, 0.2) is 0 Å². The number of methoxy groups -OCH3 is 1. The van der Waals surface area contributed by atoms with Crippen molar-refractivity contribution in [3.63, 3.8) is 0 Å². The Morgan fingerprint density at radius 1 is 1.50 bits per heavy atom. The Kier molecular flexibility index (Phi) is 6.27. The summed E-state index contributed by atoms with van der Waals surface area (Å²) in [7, 11) is 1.68. The van der Waals surface area contributed by atoms with Crippen LogP contribution in [-0.2, 0) is 4.74 Å². The van der Waals surface area contributed by atoms with Crippen LogP contribution in [0.5, 0.6) is 5.75 Å². The van der Waals surface area contributed by atoms with E-state index in [0.29, 0.717) is 12.1 Å². The number of hydrogen-bond acceptors (Lipinski definition) is 4. The number of nitrogens with zero attached hydrogens (tertiary/aromatic N) is 1. The van der Waals surface area contributed by atoms with Crippen LogP contribution in [0.15, 0.2) is 18.5 Å². The quantitative estimate of drug-likeness (QED) is 0.793. The van der Waals surface area contributed by atoms with Crippen LogP contribution < -0.4 is 10.1 Å². The molecule has 1 N–H and O–H groups in total. The largest absolute Gasteiger partial charge is 0.495 e. The van der Waals surface area contributed by atoms with Crippen LogP contribution in [0, 0.1) is 0 Å². The van der Waals surface area contributed by atoms with Gasteiger partial charge in [0.25, 0.3) is 0 Å². The summed E-state index contributed by atoms with van der Waals surface area (Å²) in [6.45, 7) is 4.14. The zero-order valence-corrected chi connectivity index (χ0v) is 12.6. The van der Waals surface area contributed by atoms with Crippen LogP contribution in [0.1, 0.15) is 50.6 Å². The number of hydrogen-bond donors (Lipinski definition) is 1. The van der Waals surface area contributed by atoms with Gasteiger partial charge in [-0.2, -0.15) is 0 Å². The average molecular weight is 278 g/mol. The second kappa shape index (κ2) is 8.22. The molecular formula is C16H26N2O2. The van der Waals surface area contributed by atoms with E-state index in [0.717, 1.165) is 38.2 Å². The Morgan fingerprint density at radius 3 is 3.10 bits per heavy atom. The molecular weight excluding hydrogens is 252 g/mol. The third-order valence-electron chi connectivity index (χ3n) is 3.81. The maximum Gasteiger partial charge on any atom is 0.137 e. The van der Waals surface area contributed by atoms with Crippen molar-refractivity contribution < 1.29 is 9.47 Å². The first-order valence-electron chi connectivity index (χ1n) is 7.67. The number of rotatable bonds is 8. The Balaban J connectivity index is 1.97. The fourth-order valence-corrected chi connectivity index (χ4v) is 2.67. The van der Waals surface area contributed by atoms with E-state index in [4.69, 9.17) is 9.47 Å². The summed E-state index contributed by atoms with van der Waals surface area (Å²) in [6.07, 6.45) is 9.87. The first-order valence-corrected chi connectivity index (χ1v) is 7.67. The van der Waals surface area contributed by atoms with Crippen LogP contribution in [0.25, 0.3) is 0 Å². The van der Waals surface area contributed by atoms with Crippen LogP contribution >= 0.6 is 0 Å². The second-order valence-corrected chi connectivity index (χ2v) is 5.38. The van der Waals surface area contributed by atoms with Gasteiger partial charge in [0.1, 0.15) is 5.75 Å². The van der Waals surface area contributed by atoms with Crippen molar-refractivity contribution >= 4 is 0 Å². The minimum Gasteiger partial charge on any atom is -0.495 e. The highest BCUT2D eigenvalue weighted by Crippen LogP contribution is 2.25. The molecule has 0 aliphatic carbocycles. The molecule has 1 fully saturated rings. The molecule has 1 aromatic heterocycles. The lowest BCUT2D eigenvalue weighted by Gasteiger charge is -2.20. The lowest BCUT2D eigenvalue weighted by molar-refractivity contribution is 0.0996. The molecule has 2 rings (SSSR count). The van der Waals surface area contributed by atoms with E-state index in [9.17, 15) is 0 Å². The van der Waals surface area contributed by atoms with E-state index in [1.165, 1.54) is 18.4 Å². The number of ether oxygens (including phenoxy) is 2. The van der Waals surface area contributed by atoms with Gasteiger partial charge in [-0.05, 0) is 50.3 Å². The van der Waals surface area contributed by atoms with E-state index in [-0.39, 0.29) is 0 Å². The van der Waals surface area contributed by atoms with E-state index < -0.39 is 0 Å². The monoisotopic (exact) mass is 278 g/mol. The predicted molar refractivity (Wildman–Crippen MR) is 80.0 cm³/mol. The van der Waals surface area contributed by atoms with Crippen LogP contribution in [0.4, 0.5) is 0 Å². The van der Waals surface area contributed by atoms with Gasteiger partial charge >= 0.3 is 0 Å². The van der Waals surface area contributed by atoms with Crippen molar-refractivity contribution in [1.29, 1.82) is 0 Å². The molecule has 112 valence electrons. The normalized spacial score (nSPS) is 20.0. The van der Waals surface area contributed by atoms with E-state index in [1.807, 2.05) is 6.20 Å². The molecule has 1 aliphatic heterocycles. The Morgan fingerprint density at radius 2 is 2.40 bits per heavy atom. The van der Waals surface area contributed by atoms with Gasteiger partial charge in [-0.25, -0.2) is 0 Å². The first-order chi connectivity index (χ1) is 9.83. The predicted octanol–water partition coefficient (Wildman–Crippen LogP) is 3.09. The van der Waals surface area contributed by atoms with Gasteiger partial charge in [0.2, 0.25) is 0 Å². The molecule has 4 nitrogen and oxygen atoms in total. The highest BCUT2D eigenvalue weighted by Gasteiger charge is 2.19. The number of pyridine rings is 1. The molecule has 2 heterocycles. The van der Waals surface area contributed by atoms with E-state index >= 15 is 0 Å². The molecule has 0 saturated carbocycles. The van der Waals surface area contributed by atoms with Crippen molar-refractivity contribution in [2.75, 3.05) is 20.3 Å². The van der Waals surface area contributed by atoms with E-state index in [2.05, 4.69) is 23.3 Å². The molecule has 2 atom stereocenters. The first kappa shape index (κ1) is 15.3. The van der Waals surface area contributed by atoms with Gasteiger partial charge in [-0.3, -0.25) is 4.98 Å². The second-order valence-electron chi connectivity index (χ2n) is 5.38. The van der Waals surface area contributed by atoms with Crippen molar-refractivity contribution in [2.24, 2.45) is 0 Å². The van der Waals surface area contributed by atoms with Gasteiger partial charge in [-0.1, -0.05) is 6.92 Å². The highest BCUT2D eigenvalue weighted by atomic mass is 16.5. The molecule has 1 aromatic rings. The smallest absolute Gasteiger partial charge is 0.137 e. The molecule has 0 aromatic carbocycles. The summed E-state index contributed by atoms with van der Waals surface area (Å²) in [5.41, 5.74) is 1.20. The molecule has 0 bridgehead atoms. The van der Waals surface area contributed by atoms with Gasteiger partial charge in [0.05, 0.1) is 19.4 Å². The van der Waals surface area contributed by atoms with Gasteiger partial charge < -0.3 is 14.8 Å². The molecule has 2 unspecified atom stereocenters. The molecule has 0 radical (unpaired) electrons. The van der Waals surface area contributed by atoms with Crippen LogP contribution in [0.2, 0.25) is 0 Å². The van der Waals surface area contributed by atoms with Crippen LogP contribution in [-0.4, -0.2) is 31.3 Å². The Hall–Kier alpha value is -1.13. The van der Waals surface area contributed by atoms with Crippen molar-refractivity contribution in [1.82, 2.24) is 10.3 Å². The summed E-state index contributed by atoms with van der Waals surface area (Å²) in [5.74, 6) is 0.822. The van der Waals surface area contributed by atoms with Crippen molar-refractivity contribution in [3.8, 4) is 5.75 Å². The summed E-state index contributed by atoms with van der Waals surface area (Å²) in [6, 6.07) is 2.41. The molecule has 0 spiro atoms. The molecule has 1 saturated heterocycles. The van der Waals surface area contributed by atoms with Gasteiger partial charge in [0, 0.05) is 18.8 Å². The van der Waals surface area contributed by atoms with Crippen LogP contribution in [0.3, 0.4) is 0 Å². The van der Waals surface area contributed by atoms with Crippen molar-refractivity contribution in [3.05, 3.63) is 24.0 Å². The van der Waals surface area contributed by atoms with E-state index in [1.54, 1.807) is 13.3 Å². The zero-order valence-electron chi connectivity index (χ0n) is 12.6. The third kappa shape index (κ3) is 4.46. The summed E-state index contributed by atoms with van der Waals surface area (Å²) in [5, 5.41) is 3.61. The summed E-state index contributed by atoms with van der Waals surface area (Å²) >= 11 is 0. The fourth-order valence-electron chi connectivity index (χ4n) is 2.67. The summed E-state index contributed by atoms with van der Waals surface area (Å²) < 4.78 is 11.0.